The number of ether oxygens (including phenoxy) is 1. The minimum Gasteiger partial charge on any atom is -0.492 e. The summed E-state index contributed by atoms with van der Waals surface area (Å²) in [6, 6.07) is 9.80. The van der Waals surface area contributed by atoms with Gasteiger partial charge in [0.2, 0.25) is 5.91 Å². The quantitative estimate of drug-likeness (QED) is 0.808. The number of rotatable bonds is 7. The van der Waals surface area contributed by atoms with Crippen LogP contribution < -0.4 is 10.1 Å². The van der Waals surface area contributed by atoms with Gasteiger partial charge in [0, 0.05) is 45.7 Å². The Morgan fingerprint density at radius 2 is 1.95 bits per heavy atom. The van der Waals surface area contributed by atoms with Crippen LogP contribution in [0.3, 0.4) is 0 Å². The molecule has 1 saturated heterocycles. The summed E-state index contributed by atoms with van der Waals surface area (Å²) in [5.74, 6) is 1.15. The lowest BCUT2D eigenvalue weighted by atomic mass is 10.3. The van der Waals surface area contributed by atoms with E-state index in [9.17, 15) is 4.79 Å². The zero-order chi connectivity index (χ0) is 14.9. The molecule has 2 rings (SSSR count). The van der Waals surface area contributed by atoms with Crippen LogP contribution in [0.4, 0.5) is 0 Å². The van der Waals surface area contributed by atoms with Crippen LogP contribution in [0.2, 0.25) is 0 Å². The number of piperazine rings is 1. The minimum absolute atomic E-state index is 0.257. The fourth-order valence-electron chi connectivity index (χ4n) is 2.31. The van der Waals surface area contributed by atoms with Crippen LogP contribution >= 0.6 is 0 Å². The van der Waals surface area contributed by atoms with E-state index in [-0.39, 0.29) is 5.91 Å². The van der Waals surface area contributed by atoms with Gasteiger partial charge in [-0.15, -0.1) is 0 Å². The Morgan fingerprint density at radius 1 is 1.24 bits per heavy atom. The second-order valence-corrected chi connectivity index (χ2v) is 5.35. The monoisotopic (exact) mass is 291 g/mol. The number of carbonyl (C=O) groups is 1. The Hall–Kier alpha value is -1.59. The Bertz CT molecular complexity index is 419. The molecule has 21 heavy (non-hydrogen) atoms. The first-order chi connectivity index (χ1) is 10.3. The highest BCUT2D eigenvalue weighted by Crippen LogP contribution is 2.07. The van der Waals surface area contributed by atoms with E-state index in [0.717, 1.165) is 45.0 Å². The maximum absolute atomic E-state index is 12.0. The van der Waals surface area contributed by atoms with Crippen molar-refractivity contribution in [3.05, 3.63) is 30.3 Å². The molecule has 0 saturated carbocycles. The van der Waals surface area contributed by atoms with Gasteiger partial charge >= 0.3 is 0 Å². The number of hydrogen-bond donors (Lipinski definition) is 1. The zero-order valence-electron chi connectivity index (χ0n) is 12.8. The molecule has 0 aromatic heterocycles. The fourth-order valence-corrected chi connectivity index (χ4v) is 2.31. The average Bonchev–Trinajstić information content (AvgIpc) is 2.54. The summed E-state index contributed by atoms with van der Waals surface area (Å²) in [6.07, 6.45) is 0.585. The van der Waals surface area contributed by atoms with Crippen LogP contribution in [0, 0.1) is 0 Å². The largest absolute Gasteiger partial charge is 0.492 e. The molecule has 1 N–H and O–H groups in total. The average molecular weight is 291 g/mol. The summed E-state index contributed by atoms with van der Waals surface area (Å²) in [5, 5.41) is 3.26. The Morgan fingerprint density at radius 3 is 2.67 bits per heavy atom. The Labute approximate surface area is 126 Å². The highest BCUT2D eigenvalue weighted by atomic mass is 16.5. The maximum Gasteiger partial charge on any atom is 0.223 e. The molecular weight excluding hydrogens is 266 g/mol. The summed E-state index contributed by atoms with van der Waals surface area (Å²) in [6.45, 7) is 5.73. The molecule has 1 aromatic carbocycles. The minimum atomic E-state index is 0.257. The van der Waals surface area contributed by atoms with Gasteiger partial charge in [0.05, 0.1) is 0 Å². The summed E-state index contributed by atoms with van der Waals surface area (Å²) in [7, 11) is 2.03. The van der Waals surface area contributed by atoms with Gasteiger partial charge in [-0.25, -0.2) is 0 Å². The summed E-state index contributed by atoms with van der Waals surface area (Å²) < 4.78 is 5.65. The molecule has 0 aliphatic carbocycles. The van der Waals surface area contributed by atoms with E-state index in [2.05, 4.69) is 10.2 Å². The van der Waals surface area contributed by atoms with Crippen LogP contribution in [-0.4, -0.2) is 68.6 Å². The van der Waals surface area contributed by atoms with Gasteiger partial charge in [-0.2, -0.15) is 0 Å². The van der Waals surface area contributed by atoms with Crippen molar-refractivity contribution in [3.8, 4) is 5.75 Å². The first-order valence-corrected chi connectivity index (χ1v) is 7.60. The molecule has 116 valence electrons. The van der Waals surface area contributed by atoms with Gasteiger partial charge in [0.15, 0.2) is 0 Å². The van der Waals surface area contributed by atoms with Crippen LogP contribution in [0.15, 0.2) is 30.3 Å². The molecule has 5 nitrogen and oxygen atoms in total. The molecule has 1 aliphatic rings. The van der Waals surface area contributed by atoms with Crippen molar-refractivity contribution in [3.63, 3.8) is 0 Å². The van der Waals surface area contributed by atoms with Crippen molar-refractivity contribution in [2.75, 3.05) is 52.9 Å². The van der Waals surface area contributed by atoms with Crippen molar-refractivity contribution >= 4 is 5.91 Å². The van der Waals surface area contributed by atoms with E-state index in [4.69, 9.17) is 4.74 Å². The number of benzene rings is 1. The van der Waals surface area contributed by atoms with Crippen molar-refractivity contribution in [1.82, 2.24) is 15.1 Å². The number of carbonyl (C=O) groups excluding carboxylic acids is 1. The molecule has 0 bridgehead atoms. The number of hydrogen-bond acceptors (Lipinski definition) is 4. The van der Waals surface area contributed by atoms with Gasteiger partial charge in [0.1, 0.15) is 12.4 Å². The van der Waals surface area contributed by atoms with E-state index in [1.165, 1.54) is 0 Å². The van der Waals surface area contributed by atoms with Crippen LogP contribution in [-0.2, 0) is 4.79 Å². The summed E-state index contributed by atoms with van der Waals surface area (Å²) in [4.78, 5) is 16.1. The number of nitrogens with one attached hydrogen (secondary N) is 1. The molecule has 1 fully saturated rings. The lowest BCUT2D eigenvalue weighted by Gasteiger charge is -2.28. The number of nitrogens with zero attached hydrogens (tertiary/aromatic N) is 2. The van der Waals surface area contributed by atoms with E-state index in [0.29, 0.717) is 13.0 Å². The number of para-hydroxylation sites is 1. The highest BCUT2D eigenvalue weighted by Gasteiger charge is 2.16. The van der Waals surface area contributed by atoms with Gasteiger partial charge in [-0.3, -0.25) is 4.79 Å². The molecule has 1 aliphatic heterocycles. The maximum atomic E-state index is 12.0. The number of amides is 1. The van der Waals surface area contributed by atoms with E-state index in [1.54, 1.807) is 0 Å². The van der Waals surface area contributed by atoms with Gasteiger partial charge < -0.3 is 19.9 Å². The van der Waals surface area contributed by atoms with Crippen LogP contribution in [0.25, 0.3) is 0 Å². The predicted molar refractivity (Wildman–Crippen MR) is 83.5 cm³/mol. The normalized spacial score (nSPS) is 15.2. The van der Waals surface area contributed by atoms with Crippen molar-refractivity contribution < 1.29 is 9.53 Å². The standard InChI is InChI=1S/C16H25N3O2/c1-18(13-14-21-15-5-3-2-4-6-15)10-7-16(20)19-11-8-17-9-12-19/h2-6,17H,7-14H2,1H3. The predicted octanol–water partition coefficient (Wildman–Crippen LogP) is 0.819. The van der Waals surface area contributed by atoms with Crippen LogP contribution in [0.1, 0.15) is 6.42 Å². The Kier molecular flexibility index (Phi) is 6.50. The summed E-state index contributed by atoms with van der Waals surface area (Å²) >= 11 is 0. The SMILES string of the molecule is CN(CCOc1ccccc1)CCC(=O)N1CCNCC1. The first-order valence-electron chi connectivity index (χ1n) is 7.60. The zero-order valence-corrected chi connectivity index (χ0v) is 12.8. The lowest BCUT2D eigenvalue weighted by molar-refractivity contribution is -0.132. The second-order valence-electron chi connectivity index (χ2n) is 5.35. The van der Waals surface area contributed by atoms with Gasteiger partial charge in [-0.1, -0.05) is 18.2 Å². The van der Waals surface area contributed by atoms with Gasteiger partial charge in [-0.05, 0) is 19.2 Å². The second kappa shape index (κ2) is 8.64. The molecule has 0 atom stereocenters. The van der Waals surface area contributed by atoms with Crippen molar-refractivity contribution in [2.24, 2.45) is 0 Å². The van der Waals surface area contributed by atoms with Crippen molar-refractivity contribution in [2.45, 2.75) is 6.42 Å². The van der Waals surface area contributed by atoms with E-state index >= 15 is 0 Å². The Balaban J connectivity index is 1.58. The molecule has 1 aromatic rings. The fraction of sp³-hybridized carbons (Fsp3) is 0.562. The third kappa shape index (κ3) is 5.73. The molecule has 1 amide bonds. The molecule has 1 heterocycles. The molecule has 0 unspecified atom stereocenters. The van der Waals surface area contributed by atoms with Crippen LogP contribution in [0.5, 0.6) is 5.75 Å². The van der Waals surface area contributed by atoms with E-state index in [1.807, 2.05) is 42.3 Å². The smallest absolute Gasteiger partial charge is 0.223 e. The van der Waals surface area contributed by atoms with Crippen molar-refractivity contribution in [1.29, 1.82) is 0 Å². The molecule has 5 heteroatoms. The first kappa shape index (κ1) is 15.8. The highest BCUT2D eigenvalue weighted by molar-refractivity contribution is 5.76. The number of likely N-dealkylation sites (N-methyl/N-ethyl adjacent to an activating group) is 1. The van der Waals surface area contributed by atoms with Gasteiger partial charge in [0.25, 0.3) is 0 Å². The summed E-state index contributed by atoms with van der Waals surface area (Å²) in [5.41, 5.74) is 0. The third-order valence-electron chi connectivity index (χ3n) is 3.66. The topological polar surface area (TPSA) is 44.8 Å². The molecule has 0 radical (unpaired) electrons. The lowest BCUT2D eigenvalue weighted by Crippen LogP contribution is -2.47. The third-order valence-corrected chi connectivity index (χ3v) is 3.66. The van der Waals surface area contributed by atoms with E-state index < -0.39 is 0 Å². The molecular formula is C16H25N3O2. The molecule has 0 spiro atoms.